The van der Waals surface area contributed by atoms with Crippen LogP contribution in [0.15, 0.2) is 53.1 Å². The third-order valence-electron chi connectivity index (χ3n) is 3.99. The van der Waals surface area contributed by atoms with Crippen LogP contribution in [0.4, 0.5) is 0 Å². The average Bonchev–Trinajstić information content (AvgIpc) is 3.31. The molecule has 142 valence electrons. The second kappa shape index (κ2) is 8.31. The van der Waals surface area contributed by atoms with Crippen LogP contribution in [0.25, 0.3) is 21.5 Å². The van der Waals surface area contributed by atoms with Gasteiger partial charge in [0, 0.05) is 17.0 Å². The molecule has 8 heteroatoms. The Balaban J connectivity index is 1.32. The molecule has 0 saturated heterocycles. The van der Waals surface area contributed by atoms with Gasteiger partial charge in [-0.1, -0.05) is 35.3 Å². The number of para-hydroxylation sites is 1. The fourth-order valence-electron chi connectivity index (χ4n) is 2.64. The third kappa shape index (κ3) is 4.35. The van der Waals surface area contributed by atoms with Gasteiger partial charge in [-0.2, -0.15) is 0 Å². The molecule has 4 aromatic rings. The Labute approximate surface area is 174 Å². The largest absolute Gasteiger partial charge is 0.458 e. The first kappa shape index (κ1) is 18.9. The molecule has 2 aromatic carbocycles. The molecular weight excluding hydrogens is 419 g/mol. The van der Waals surface area contributed by atoms with Crippen LogP contribution in [0, 0.1) is 0 Å². The fourth-order valence-corrected chi connectivity index (χ4v) is 4.03. The molecule has 0 aliphatic rings. The van der Waals surface area contributed by atoms with Crippen molar-refractivity contribution in [2.24, 2.45) is 0 Å². The van der Waals surface area contributed by atoms with Crippen molar-refractivity contribution in [3.8, 4) is 11.3 Å². The van der Waals surface area contributed by atoms with Gasteiger partial charge in [-0.15, -0.1) is 11.3 Å². The summed E-state index contributed by atoms with van der Waals surface area (Å²) in [5.41, 5.74) is 1.61. The Morgan fingerprint density at radius 2 is 2.04 bits per heavy atom. The molecule has 0 atom stereocenters. The molecule has 0 N–H and O–H groups in total. The highest BCUT2D eigenvalue weighted by Crippen LogP contribution is 2.31. The number of benzene rings is 2. The number of thiazole rings is 1. The lowest BCUT2D eigenvalue weighted by Crippen LogP contribution is -2.05. The zero-order valence-electron chi connectivity index (χ0n) is 14.5. The van der Waals surface area contributed by atoms with Crippen LogP contribution in [0.2, 0.25) is 10.0 Å². The van der Waals surface area contributed by atoms with E-state index in [2.05, 4.69) is 9.97 Å². The van der Waals surface area contributed by atoms with Crippen molar-refractivity contribution < 1.29 is 13.9 Å². The Hall–Kier alpha value is -2.41. The van der Waals surface area contributed by atoms with Gasteiger partial charge in [-0.25, -0.2) is 9.97 Å². The van der Waals surface area contributed by atoms with Crippen molar-refractivity contribution in [1.29, 1.82) is 0 Å². The Bertz CT molecular complexity index is 1110. The maximum absolute atomic E-state index is 12.0. The van der Waals surface area contributed by atoms with E-state index in [9.17, 15) is 4.79 Å². The molecule has 5 nitrogen and oxygen atoms in total. The minimum atomic E-state index is -0.330. The lowest BCUT2D eigenvalue weighted by molar-refractivity contribution is -0.145. The van der Waals surface area contributed by atoms with E-state index in [4.69, 9.17) is 32.4 Å². The van der Waals surface area contributed by atoms with Crippen molar-refractivity contribution in [2.75, 3.05) is 0 Å². The molecule has 0 fully saturated rings. The number of fused-ring (bicyclic) bond motifs is 1. The summed E-state index contributed by atoms with van der Waals surface area (Å²) in [5, 5.41) is 1.79. The van der Waals surface area contributed by atoms with Crippen molar-refractivity contribution in [2.45, 2.75) is 19.4 Å². The molecule has 0 aliphatic heterocycles. The summed E-state index contributed by atoms with van der Waals surface area (Å²) in [7, 11) is 0. The SMILES string of the molecule is O=C(CCc1ncc(-c2ccc(Cl)cc2Cl)o1)OCc1nc2ccccc2s1. The van der Waals surface area contributed by atoms with Crippen LogP contribution in [-0.4, -0.2) is 15.9 Å². The van der Waals surface area contributed by atoms with Crippen LogP contribution in [0.5, 0.6) is 0 Å². The molecule has 4 rings (SSSR count). The predicted molar refractivity (Wildman–Crippen MR) is 110 cm³/mol. The van der Waals surface area contributed by atoms with Gasteiger partial charge in [0.15, 0.2) is 11.7 Å². The molecule has 0 amide bonds. The summed E-state index contributed by atoms with van der Waals surface area (Å²) >= 11 is 13.6. The summed E-state index contributed by atoms with van der Waals surface area (Å²) in [5.74, 6) is 0.640. The Kier molecular flexibility index (Phi) is 5.62. The predicted octanol–water partition coefficient (Wildman–Crippen LogP) is 5.93. The summed E-state index contributed by atoms with van der Waals surface area (Å²) < 4.78 is 12.1. The van der Waals surface area contributed by atoms with E-state index in [0.717, 1.165) is 15.2 Å². The average molecular weight is 433 g/mol. The van der Waals surface area contributed by atoms with Gasteiger partial charge in [0.25, 0.3) is 0 Å². The number of aromatic nitrogens is 2. The van der Waals surface area contributed by atoms with Gasteiger partial charge >= 0.3 is 5.97 Å². The number of ether oxygens (including phenoxy) is 1. The van der Waals surface area contributed by atoms with Crippen LogP contribution in [0.1, 0.15) is 17.3 Å². The van der Waals surface area contributed by atoms with Gasteiger partial charge in [-0.05, 0) is 30.3 Å². The second-order valence-electron chi connectivity index (χ2n) is 5.98. The number of carbonyl (C=O) groups excluding carboxylic acids is 1. The number of carbonyl (C=O) groups is 1. The van der Waals surface area contributed by atoms with E-state index in [-0.39, 0.29) is 19.0 Å². The topological polar surface area (TPSA) is 65.2 Å². The lowest BCUT2D eigenvalue weighted by atomic mass is 10.2. The molecule has 0 unspecified atom stereocenters. The summed E-state index contributed by atoms with van der Waals surface area (Å²) in [6.07, 6.45) is 2.08. The zero-order valence-corrected chi connectivity index (χ0v) is 16.9. The normalized spacial score (nSPS) is 11.1. The van der Waals surface area contributed by atoms with Gasteiger partial charge < -0.3 is 9.15 Å². The van der Waals surface area contributed by atoms with Crippen LogP contribution < -0.4 is 0 Å². The summed E-state index contributed by atoms with van der Waals surface area (Å²) in [4.78, 5) is 20.7. The van der Waals surface area contributed by atoms with E-state index in [1.54, 1.807) is 24.4 Å². The standard InChI is InChI=1S/C20H14Cl2N2O3S/c21-12-5-6-13(14(22)9-12)16-10-23-18(27-16)7-8-20(25)26-11-19-24-15-3-1-2-4-17(15)28-19/h1-6,9-10H,7-8,11H2. The molecule has 0 spiro atoms. The van der Waals surface area contributed by atoms with Crippen molar-refractivity contribution >= 4 is 50.7 Å². The molecule has 0 radical (unpaired) electrons. The highest BCUT2D eigenvalue weighted by atomic mass is 35.5. The van der Waals surface area contributed by atoms with E-state index in [0.29, 0.717) is 33.7 Å². The number of oxazole rings is 1. The van der Waals surface area contributed by atoms with Gasteiger partial charge in [0.05, 0.1) is 27.9 Å². The quantitative estimate of drug-likeness (QED) is 0.353. The molecule has 2 aromatic heterocycles. The summed E-state index contributed by atoms with van der Waals surface area (Å²) in [6.45, 7) is 0.162. The monoisotopic (exact) mass is 432 g/mol. The molecule has 28 heavy (non-hydrogen) atoms. The Morgan fingerprint density at radius 1 is 1.18 bits per heavy atom. The minimum Gasteiger partial charge on any atom is -0.458 e. The smallest absolute Gasteiger partial charge is 0.306 e. The highest BCUT2D eigenvalue weighted by molar-refractivity contribution is 7.18. The van der Waals surface area contributed by atoms with Crippen molar-refractivity contribution in [1.82, 2.24) is 9.97 Å². The second-order valence-corrected chi connectivity index (χ2v) is 7.94. The number of hydrogen-bond donors (Lipinski definition) is 0. The third-order valence-corrected chi connectivity index (χ3v) is 5.55. The number of rotatable bonds is 6. The van der Waals surface area contributed by atoms with Crippen molar-refractivity contribution in [3.05, 3.63) is 69.6 Å². The summed E-state index contributed by atoms with van der Waals surface area (Å²) in [6, 6.07) is 12.9. The van der Waals surface area contributed by atoms with Gasteiger partial charge in [-0.3, -0.25) is 4.79 Å². The molecule has 0 aliphatic carbocycles. The van der Waals surface area contributed by atoms with E-state index >= 15 is 0 Å². The van der Waals surface area contributed by atoms with Crippen LogP contribution >= 0.6 is 34.5 Å². The number of hydrogen-bond acceptors (Lipinski definition) is 6. The first-order chi connectivity index (χ1) is 13.6. The molecule has 0 saturated carbocycles. The zero-order chi connectivity index (χ0) is 19.5. The van der Waals surface area contributed by atoms with Crippen LogP contribution in [-0.2, 0) is 22.6 Å². The fraction of sp³-hybridized carbons (Fsp3) is 0.150. The van der Waals surface area contributed by atoms with E-state index in [1.807, 2.05) is 24.3 Å². The molecule has 2 heterocycles. The Morgan fingerprint density at radius 3 is 2.86 bits per heavy atom. The number of aryl methyl sites for hydroxylation is 1. The number of nitrogens with zero attached hydrogens (tertiary/aromatic N) is 2. The maximum atomic E-state index is 12.0. The lowest BCUT2D eigenvalue weighted by Gasteiger charge is -2.02. The highest BCUT2D eigenvalue weighted by Gasteiger charge is 2.13. The first-order valence-corrected chi connectivity index (χ1v) is 10.1. The number of halogens is 2. The van der Waals surface area contributed by atoms with Crippen molar-refractivity contribution in [3.63, 3.8) is 0 Å². The van der Waals surface area contributed by atoms with Gasteiger partial charge in [0.1, 0.15) is 11.6 Å². The minimum absolute atomic E-state index is 0.162. The first-order valence-electron chi connectivity index (χ1n) is 8.49. The number of esters is 1. The van der Waals surface area contributed by atoms with E-state index < -0.39 is 0 Å². The van der Waals surface area contributed by atoms with Crippen LogP contribution in [0.3, 0.4) is 0 Å². The molecular formula is C20H14Cl2N2O3S. The maximum Gasteiger partial charge on any atom is 0.306 e. The molecule has 0 bridgehead atoms. The van der Waals surface area contributed by atoms with Gasteiger partial charge in [0.2, 0.25) is 0 Å². The van der Waals surface area contributed by atoms with E-state index in [1.165, 1.54) is 11.3 Å².